The van der Waals surface area contributed by atoms with E-state index in [0.717, 1.165) is 5.56 Å². The molecule has 0 atom stereocenters. The first-order valence-corrected chi connectivity index (χ1v) is 5.37. The van der Waals surface area contributed by atoms with Crippen LogP contribution in [0.2, 0.25) is 10.0 Å². The summed E-state index contributed by atoms with van der Waals surface area (Å²) in [6, 6.07) is 5.54. The van der Waals surface area contributed by atoms with E-state index in [1.165, 1.54) is 0 Å². The van der Waals surface area contributed by atoms with Crippen molar-refractivity contribution in [3.05, 3.63) is 52.0 Å². The quantitative estimate of drug-likeness (QED) is 0.749. The van der Waals surface area contributed by atoms with Gasteiger partial charge in [0.2, 0.25) is 0 Å². The number of rotatable bonds is 2. The molecule has 0 aliphatic carbocycles. The molecule has 0 aliphatic heterocycles. The summed E-state index contributed by atoms with van der Waals surface area (Å²) >= 11 is 12.0. The van der Waals surface area contributed by atoms with Crippen molar-refractivity contribution < 1.29 is 0 Å². The van der Waals surface area contributed by atoms with E-state index in [1.807, 2.05) is 16.7 Å². The highest BCUT2D eigenvalue weighted by Gasteiger charge is 2.05. The van der Waals surface area contributed by atoms with Crippen molar-refractivity contribution in [1.82, 2.24) is 9.55 Å². The number of hydrogen-bond acceptors (Lipinski definition) is 1. The van der Waals surface area contributed by atoms with Crippen LogP contribution in [-0.4, -0.2) is 9.55 Å². The number of aromatic nitrogens is 2. The van der Waals surface area contributed by atoms with Gasteiger partial charge in [0.25, 0.3) is 0 Å². The summed E-state index contributed by atoms with van der Waals surface area (Å²) in [4.78, 5) is 4.03. The van der Waals surface area contributed by atoms with Crippen LogP contribution in [0.5, 0.6) is 0 Å². The van der Waals surface area contributed by atoms with Crippen LogP contribution in [0, 0.1) is 12.3 Å². The predicted octanol–water partition coefficient (Wildman–Crippen LogP) is 3.22. The second-order valence-corrected chi connectivity index (χ2v) is 4.07. The van der Waals surface area contributed by atoms with E-state index in [-0.39, 0.29) is 0 Å². The first-order chi connectivity index (χ1) is 7.70. The van der Waals surface area contributed by atoms with E-state index < -0.39 is 0 Å². The van der Waals surface area contributed by atoms with E-state index in [1.54, 1.807) is 18.6 Å². The molecule has 0 aliphatic rings. The SMILES string of the molecule is C#Cc1cn(Cc2cccc(Cl)c2Cl)cn1. The molecule has 2 aromatic rings. The van der Waals surface area contributed by atoms with Gasteiger partial charge in [-0.1, -0.05) is 35.3 Å². The third-order valence-corrected chi connectivity index (χ3v) is 3.02. The van der Waals surface area contributed by atoms with E-state index in [9.17, 15) is 0 Å². The molecule has 0 bridgehead atoms. The Morgan fingerprint density at radius 2 is 2.19 bits per heavy atom. The molecule has 4 heteroatoms. The van der Waals surface area contributed by atoms with Crippen LogP contribution in [-0.2, 0) is 6.54 Å². The van der Waals surface area contributed by atoms with Crippen LogP contribution in [0.3, 0.4) is 0 Å². The van der Waals surface area contributed by atoms with Crippen molar-refractivity contribution in [1.29, 1.82) is 0 Å². The van der Waals surface area contributed by atoms with Gasteiger partial charge in [-0.25, -0.2) is 4.98 Å². The number of halogens is 2. The third-order valence-electron chi connectivity index (χ3n) is 2.17. The molecule has 1 aromatic carbocycles. The normalized spacial score (nSPS) is 10.1. The summed E-state index contributed by atoms with van der Waals surface area (Å²) in [6.45, 7) is 0.605. The molecule has 0 amide bonds. The van der Waals surface area contributed by atoms with Crippen LogP contribution in [0.25, 0.3) is 0 Å². The highest BCUT2D eigenvalue weighted by Crippen LogP contribution is 2.26. The van der Waals surface area contributed by atoms with Crippen LogP contribution in [0.4, 0.5) is 0 Å². The Labute approximate surface area is 104 Å². The molecular formula is C12H8Cl2N2. The molecule has 2 rings (SSSR count). The molecule has 0 spiro atoms. The Kier molecular flexibility index (Phi) is 3.19. The highest BCUT2D eigenvalue weighted by molar-refractivity contribution is 6.42. The molecule has 2 nitrogen and oxygen atoms in total. The fourth-order valence-corrected chi connectivity index (χ4v) is 1.77. The summed E-state index contributed by atoms with van der Waals surface area (Å²) in [6.07, 6.45) is 8.70. The number of nitrogens with zero attached hydrogens (tertiary/aromatic N) is 2. The van der Waals surface area contributed by atoms with Crippen LogP contribution in [0.1, 0.15) is 11.3 Å². The molecule has 0 saturated heterocycles. The summed E-state index contributed by atoms with van der Waals surface area (Å²) in [5.74, 6) is 2.47. The van der Waals surface area contributed by atoms with Crippen molar-refractivity contribution in [3.63, 3.8) is 0 Å². The minimum atomic E-state index is 0.552. The van der Waals surface area contributed by atoms with E-state index >= 15 is 0 Å². The maximum absolute atomic E-state index is 6.08. The summed E-state index contributed by atoms with van der Waals surface area (Å²) in [5.41, 5.74) is 1.55. The molecule has 1 heterocycles. The maximum Gasteiger partial charge on any atom is 0.130 e. The minimum absolute atomic E-state index is 0.552. The zero-order chi connectivity index (χ0) is 11.5. The van der Waals surface area contributed by atoms with Gasteiger partial charge in [-0.2, -0.15) is 0 Å². The van der Waals surface area contributed by atoms with Crippen molar-refractivity contribution in [2.45, 2.75) is 6.54 Å². The van der Waals surface area contributed by atoms with Crippen LogP contribution >= 0.6 is 23.2 Å². The minimum Gasteiger partial charge on any atom is -0.332 e. The first-order valence-electron chi connectivity index (χ1n) is 4.62. The summed E-state index contributed by atoms with van der Waals surface area (Å²) < 4.78 is 1.87. The molecule has 0 fully saturated rings. The lowest BCUT2D eigenvalue weighted by molar-refractivity contribution is 0.797. The van der Waals surface area contributed by atoms with Crippen LogP contribution in [0.15, 0.2) is 30.7 Å². The molecular weight excluding hydrogens is 243 g/mol. The molecule has 0 radical (unpaired) electrons. The average Bonchev–Trinajstić information content (AvgIpc) is 2.73. The number of benzene rings is 1. The fourth-order valence-electron chi connectivity index (χ4n) is 1.39. The Hall–Kier alpha value is -1.43. The zero-order valence-corrected chi connectivity index (χ0v) is 9.83. The van der Waals surface area contributed by atoms with E-state index in [4.69, 9.17) is 29.6 Å². The van der Waals surface area contributed by atoms with Gasteiger partial charge < -0.3 is 4.57 Å². The summed E-state index contributed by atoms with van der Waals surface area (Å²) in [7, 11) is 0. The van der Waals surface area contributed by atoms with Crippen molar-refractivity contribution in [3.8, 4) is 12.3 Å². The van der Waals surface area contributed by atoms with Gasteiger partial charge >= 0.3 is 0 Å². The molecule has 0 saturated carbocycles. The second kappa shape index (κ2) is 4.61. The molecule has 80 valence electrons. The van der Waals surface area contributed by atoms with E-state index in [2.05, 4.69) is 10.9 Å². The third kappa shape index (κ3) is 2.21. The first kappa shape index (κ1) is 11.1. The van der Waals surface area contributed by atoms with Gasteiger partial charge in [0.1, 0.15) is 5.69 Å². The molecule has 1 aromatic heterocycles. The lowest BCUT2D eigenvalue weighted by Gasteiger charge is -2.05. The van der Waals surface area contributed by atoms with Gasteiger partial charge in [0.15, 0.2) is 0 Å². The van der Waals surface area contributed by atoms with Crippen molar-refractivity contribution in [2.24, 2.45) is 0 Å². The zero-order valence-electron chi connectivity index (χ0n) is 8.32. The van der Waals surface area contributed by atoms with Gasteiger partial charge in [-0.15, -0.1) is 6.42 Å². The number of imidazole rings is 1. The topological polar surface area (TPSA) is 17.8 Å². The standard InChI is InChI=1S/C12H8Cl2N2/c1-2-10-7-16(8-15-10)6-9-4-3-5-11(13)12(9)14/h1,3-5,7-8H,6H2. The number of terminal acetylenes is 1. The smallest absolute Gasteiger partial charge is 0.130 e. The van der Waals surface area contributed by atoms with Crippen molar-refractivity contribution >= 4 is 23.2 Å². The van der Waals surface area contributed by atoms with E-state index in [0.29, 0.717) is 22.3 Å². The highest BCUT2D eigenvalue weighted by atomic mass is 35.5. The number of hydrogen-bond donors (Lipinski definition) is 0. The van der Waals surface area contributed by atoms with Crippen molar-refractivity contribution in [2.75, 3.05) is 0 Å². The van der Waals surface area contributed by atoms with Gasteiger partial charge in [0.05, 0.1) is 22.9 Å². The largest absolute Gasteiger partial charge is 0.332 e. The molecule has 0 unspecified atom stereocenters. The van der Waals surface area contributed by atoms with Gasteiger partial charge in [-0.3, -0.25) is 0 Å². The Bertz CT molecular complexity index is 552. The lowest BCUT2D eigenvalue weighted by Crippen LogP contribution is -1.97. The predicted molar refractivity (Wildman–Crippen MR) is 65.7 cm³/mol. The molecule has 0 N–H and O–H groups in total. The Morgan fingerprint density at radius 3 is 2.88 bits per heavy atom. The molecule has 16 heavy (non-hydrogen) atoms. The Balaban J connectivity index is 2.27. The monoisotopic (exact) mass is 250 g/mol. The van der Waals surface area contributed by atoms with Gasteiger partial charge in [-0.05, 0) is 17.6 Å². The maximum atomic E-state index is 6.08. The van der Waals surface area contributed by atoms with Gasteiger partial charge in [0, 0.05) is 6.20 Å². The summed E-state index contributed by atoms with van der Waals surface area (Å²) in [5, 5.41) is 1.12. The average molecular weight is 251 g/mol. The lowest BCUT2D eigenvalue weighted by atomic mass is 10.2. The second-order valence-electron chi connectivity index (χ2n) is 3.29. The fraction of sp³-hybridized carbons (Fsp3) is 0.0833. The Morgan fingerprint density at radius 1 is 1.38 bits per heavy atom. The van der Waals surface area contributed by atoms with Crippen LogP contribution < -0.4 is 0 Å².